The third kappa shape index (κ3) is 4.84. The van der Waals surface area contributed by atoms with Crippen molar-refractivity contribution in [2.24, 2.45) is 5.73 Å². The van der Waals surface area contributed by atoms with Crippen molar-refractivity contribution in [3.8, 4) is 11.5 Å². The number of benzene rings is 3. The molecular formula is C22H19ClN2O6S. The monoisotopic (exact) mass is 474 g/mol. The van der Waals surface area contributed by atoms with Crippen LogP contribution in [0.4, 0.5) is 5.69 Å². The lowest BCUT2D eigenvalue weighted by atomic mass is 10.2. The molecule has 0 aliphatic heterocycles. The number of hydrogen-bond donors (Lipinski definition) is 1. The summed E-state index contributed by atoms with van der Waals surface area (Å²) in [4.78, 5) is 23.8. The Balaban J connectivity index is 1.90. The molecule has 0 aromatic heterocycles. The van der Waals surface area contributed by atoms with Crippen molar-refractivity contribution in [1.82, 2.24) is 0 Å². The van der Waals surface area contributed by atoms with E-state index < -0.39 is 21.9 Å². The molecule has 0 atom stereocenters. The molecule has 3 rings (SSSR count). The van der Waals surface area contributed by atoms with Crippen molar-refractivity contribution in [3.63, 3.8) is 0 Å². The molecule has 32 heavy (non-hydrogen) atoms. The number of esters is 1. The SMILES string of the molecule is COc1ccc(N(C)S(=O)(=O)c2ccc(Cl)c(C(=O)Oc3cccc(C(N)=O)c3)c2)cc1. The Morgan fingerprint density at radius 2 is 1.66 bits per heavy atom. The van der Waals surface area contributed by atoms with Crippen LogP contribution in [0.1, 0.15) is 20.7 Å². The number of halogens is 1. The van der Waals surface area contributed by atoms with Gasteiger partial charge in [0.15, 0.2) is 0 Å². The third-order valence-electron chi connectivity index (χ3n) is 4.58. The van der Waals surface area contributed by atoms with Crippen molar-refractivity contribution in [1.29, 1.82) is 0 Å². The van der Waals surface area contributed by atoms with Crippen LogP contribution in [0.25, 0.3) is 0 Å². The molecule has 0 saturated carbocycles. The number of anilines is 1. The lowest BCUT2D eigenvalue weighted by molar-refractivity contribution is 0.0733. The number of rotatable bonds is 7. The fourth-order valence-corrected chi connectivity index (χ4v) is 4.20. The molecule has 0 radical (unpaired) electrons. The highest BCUT2D eigenvalue weighted by atomic mass is 35.5. The summed E-state index contributed by atoms with van der Waals surface area (Å²) in [7, 11) is -1.11. The second-order valence-electron chi connectivity index (χ2n) is 6.59. The Kier molecular flexibility index (Phi) is 6.71. The van der Waals surface area contributed by atoms with Gasteiger partial charge in [-0.2, -0.15) is 0 Å². The lowest BCUT2D eigenvalue weighted by Gasteiger charge is -2.20. The van der Waals surface area contributed by atoms with E-state index in [2.05, 4.69) is 0 Å². The number of carbonyl (C=O) groups excluding carboxylic acids is 2. The highest BCUT2D eigenvalue weighted by Crippen LogP contribution is 2.28. The number of amides is 1. The Morgan fingerprint density at radius 1 is 0.969 bits per heavy atom. The minimum Gasteiger partial charge on any atom is -0.497 e. The van der Waals surface area contributed by atoms with Crippen molar-refractivity contribution in [2.45, 2.75) is 4.90 Å². The number of sulfonamides is 1. The molecule has 8 nitrogen and oxygen atoms in total. The summed E-state index contributed by atoms with van der Waals surface area (Å²) in [5, 5.41) is 0.00658. The predicted octanol–water partition coefficient (Wildman–Crippen LogP) is 3.49. The predicted molar refractivity (Wildman–Crippen MR) is 120 cm³/mol. The topological polar surface area (TPSA) is 116 Å². The number of ether oxygens (including phenoxy) is 2. The summed E-state index contributed by atoms with van der Waals surface area (Å²) in [6.07, 6.45) is 0. The average Bonchev–Trinajstić information content (AvgIpc) is 2.78. The van der Waals surface area contributed by atoms with Crippen molar-refractivity contribution >= 4 is 39.2 Å². The average molecular weight is 475 g/mol. The number of nitrogens with two attached hydrogens (primary N) is 1. The maximum atomic E-state index is 13.1. The first kappa shape index (κ1) is 23.1. The molecule has 166 valence electrons. The van der Waals surface area contributed by atoms with E-state index in [1.807, 2.05) is 0 Å². The summed E-state index contributed by atoms with van der Waals surface area (Å²) in [6, 6.07) is 15.9. The standard InChI is InChI=1S/C22H19ClN2O6S/c1-25(15-6-8-16(30-2)9-7-15)32(28,29)18-10-11-20(23)19(13-18)22(27)31-17-5-3-4-14(12-17)21(24)26/h3-13H,1-2H3,(H2,24,26). The van der Waals surface area contributed by atoms with Crippen LogP contribution >= 0.6 is 11.6 Å². The van der Waals surface area contributed by atoms with Crippen molar-refractivity contribution in [3.05, 3.63) is 82.9 Å². The van der Waals surface area contributed by atoms with Gasteiger partial charge in [-0.25, -0.2) is 13.2 Å². The van der Waals surface area contributed by atoms with Gasteiger partial charge in [-0.15, -0.1) is 0 Å². The Labute approximate surface area is 190 Å². The molecule has 3 aromatic carbocycles. The van der Waals surface area contributed by atoms with Gasteiger partial charge in [-0.3, -0.25) is 9.10 Å². The van der Waals surface area contributed by atoms with E-state index in [-0.39, 0.29) is 26.8 Å². The zero-order valence-corrected chi connectivity index (χ0v) is 18.7. The highest BCUT2D eigenvalue weighted by molar-refractivity contribution is 7.92. The zero-order valence-electron chi connectivity index (χ0n) is 17.1. The van der Waals surface area contributed by atoms with E-state index in [0.717, 1.165) is 10.4 Å². The maximum absolute atomic E-state index is 13.1. The van der Waals surface area contributed by atoms with E-state index in [9.17, 15) is 18.0 Å². The Hall–Kier alpha value is -3.56. The summed E-state index contributed by atoms with van der Waals surface area (Å²) in [5.41, 5.74) is 5.63. The van der Waals surface area contributed by atoms with Gasteiger partial charge in [-0.05, 0) is 60.7 Å². The van der Waals surface area contributed by atoms with E-state index in [4.69, 9.17) is 26.8 Å². The first-order valence-corrected chi connectivity index (χ1v) is 11.0. The van der Waals surface area contributed by atoms with Gasteiger partial charge < -0.3 is 15.2 Å². The lowest BCUT2D eigenvalue weighted by Crippen LogP contribution is -2.26. The highest BCUT2D eigenvalue weighted by Gasteiger charge is 2.24. The molecule has 10 heteroatoms. The van der Waals surface area contributed by atoms with Gasteiger partial charge in [-0.1, -0.05) is 17.7 Å². The Morgan fingerprint density at radius 3 is 2.28 bits per heavy atom. The summed E-state index contributed by atoms with van der Waals surface area (Å²) in [6.45, 7) is 0. The van der Waals surface area contributed by atoms with Gasteiger partial charge >= 0.3 is 5.97 Å². The van der Waals surface area contributed by atoms with Gasteiger partial charge in [0, 0.05) is 12.6 Å². The smallest absolute Gasteiger partial charge is 0.345 e. The number of primary amides is 1. The third-order valence-corrected chi connectivity index (χ3v) is 6.69. The number of methoxy groups -OCH3 is 1. The van der Waals surface area contributed by atoms with Crippen molar-refractivity contribution in [2.75, 3.05) is 18.5 Å². The minimum atomic E-state index is -4.01. The van der Waals surface area contributed by atoms with E-state index in [1.54, 1.807) is 24.3 Å². The summed E-state index contributed by atoms with van der Waals surface area (Å²) >= 11 is 6.12. The normalized spacial score (nSPS) is 11.0. The van der Waals surface area contributed by atoms with Crippen LogP contribution in [0.2, 0.25) is 5.02 Å². The minimum absolute atomic E-state index is 0.00658. The molecule has 0 aliphatic carbocycles. The molecule has 3 aromatic rings. The second-order valence-corrected chi connectivity index (χ2v) is 8.97. The van der Waals surface area contributed by atoms with E-state index in [0.29, 0.717) is 11.4 Å². The maximum Gasteiger partial charge on any atom is 0.345 e. The number of carbonyl (C=O) groups is 2. The van der Waals surface area contributed by atoms with Crippen LogP contribution in [0.15, 0.2) is 71.6 Å². The van der Waals surface area contributed by atoms with Gasteiger partial charge in [0.1, 0.15) is 11.5 Å². The molecule has 0 heterocycles. The molecule has 0 fully saturated rings. The molecule has 0 saturated heterocycles. The first-order chi connectivity index (χ1) is 15.1. The molecule has 0 aliphatic rings. The second kappa shape index (κ2) is 9.29. The van der Waals surface area contributed by atoms with Gasteiger partial charge in [0.25, 0.3) is 10.0 Å². The van der Waals surface area contributed by atoms with Crippen LogP contribution in [-0.2, 0) is 10.0 Å². The van der Waals surface area contributed by atoms with Crippen molar-refractivity contribution < 1.29 is 27.5 Å². The van der Waals surface area contributed by atoms with Gasteiger partial charge in [0.05, 0.1) is 28.3 Å². The van der Waals surface area contributed by atoms with Crippen LogP contribution in [0, 0.1) is 0 Å². The van der Waals surface area contributed by atoms with Crippen LogP contribution in [0.5, 0.6) is 11.5 Å². The Bertz CT molecular complexity index is 1280. The van der Waals surface area contributed by atoms with E-state index >= 15 is 0 Å². The first-order valence-electron chi connectivity index (χ1n) is 9.18. The summed E-state index contributed by atoms with van der Waals surface area (Å²) < 4.78 is 37.6. The molecule has 1 amide bonds. The van der Waals surface area contributed by atoms with Crippen LogP contribution < -0.4 is 19.5 Å². The number of hydrogen-bond acceptors (Lipinski definition) is 6. The van der Waals surface area contributed by atoms with Crippen LogP contribution in [0.3, 0.4) is 0 Å². The largest absolute Gasteiger partial charge is 0.497 e. The molecule has 2 N–H and O–H groups in total. The zero-order chi connectivity index (χ0) is 23.5. The fourth-order valence-electron chi connectivity index (χ4n) is 2.79. The molecule has 0 spiro atoms. The van der Waals surface area contributed by atoms with Crippen LogP contribution in [-0.4, -0.2) is 34.5 Å². The molecular weight excluding hydrogens is 456 g/mol. The molecule has 0 bridgehead atoms. The number of nitrogens with zero attached hydrogens (tertiary/aromatic N) is 1. The molecule has 0 unspecified atom stereocenters. The van der Waals surface area contributed by atoms with E-state index in [1.165, 1.54) is 50.6 Å². The fraction of sp³-hybridized carbons (Fsp3) is 0.0909. The summed E-state index contributed by atoms with van der Waals surface area (Å²) in [5.74, 6) is -0.932. The quantitative estimate of drug-likeness (QED) is 0.414. The van der Waals surface area contributed by atoms with Gasteiger partial charge in [0.2, 0.25) is 5.91 Å².